The topological polar surface area (TPSA) is 76.5 Å². The van der Waals surface area contributed by atoms with E-state index in [0.717, 1.165) is 16.5 Å². The van der Waals surface area contributed by atoms with E-state index in [1.165, 1.54) is 17.1 Å². The number of pyridine rings is 1. The molecule has 21 heavy (non-hydrogen) atoms. The van der Waals surface area contributed by atoms with Crippen LogP contribution in [0.15, 0.2) is 47.8 Å². The van der Waals surface area contributed by atoms with Gasteiger partial charge in [-0.2, -0.15) is 9.78 Å². The molecule has 0 fully saturated rings. The molecule has 0 atom stereocenters. The normalized spacial score (nSPS) is 11.3. The van der Waals surface area contributed by atoms with Gasteiger partial charge in [0.15, 0.2) is 5.82 Å². The summed E-state index contributed by atoms with van der Waals surface area (Å²) in [6.07, 6.45) is 6.31. The van der Waals surface area contributed by atoms with E-state index in [1.54, 1.807) is 12.4 Å². The van der Waals surface area contributed by atoms with E-state index in [2.05, 4.69) is 20.1 Å². The van der Waals surface area contributed by atoms with Crippen molar-refractivity contribution in [3.05, 3.63) is 58.9 Å². The minimum atomic E-state index is -0.204. The molecule has 2 aliphatic heterocycles. The number of aromatic nitrogens is 5. The number of aryl methyl sites for hydroxylation is 1. The first-order valence-corrected chi connectivity index (χ1v) is 6.51. The molecule has 6 nitrogen and oxygen atoms in total. The predicted octanol–water partition coefficient (Wildman–Crippen LogP) is 1.92. The second-order valence-corrected chi connectivity index (χ2v) is 4.88. The van der Waals surface area contributed by atoms with Crippen LogP contribution < -0.4 is 5.56 Å². The first-order chi connectivity index (χ1) is 10.2. The van der Waals surface area contributed by atoms with Gasteiger partial charge in [-0.15, -0.1) is 0 Å². The maximum Gasteiger partial charge on any atom is 0.283 e. The minimum absolute atomic E-state index is 0.204. The van der Waals surface area contributed by atoms with E-state index in [9.17, 15) is 4.79 Å². The smallest absolute Gasteiger partial charge is 0.283 e. The van der Waals surface area contributed by atoms with Gasteiger partial charge in [0, 0.05) is 29.5 Å². The Hall–Kier alpha value is -3.02. The van der Waals surface area contributed by atoms with Crippen LogP contribution in [0, 0.1) is 6.92 Å². The number of benzene rings is 1. The fourth-order valence-electron chi connectivity index (χ4n) is 2.43. The molecule has 3 heterocycles. The highest BCUT2D eigenvalue weighted by Gasteiger charge is 2.19. The van der Waals surface area contributed by atoms with Crippen LogP contribution in [-0.4, -0.2) is 24.7 Å². The third kappa shape index (κ3) is 1.73. The molecule has 1 aromatic carbocycles. The molecular weight excluding hydrogens is 266 g/mol. The molecule has 2 aliphatic rings. The van der Waals surface area contributed by atoms with Gasteiger partial charge in [0.25, 0.3) is 5.56 Å². The summed E-state index contributed by atoms with van der Waals surface area (Å²) >= 11 is 0. The lowest BCUT2D eigenvalue weighted by molar-refractivity contribution is 0.819. The monoisotopic (exact) mass is 277 g/mol. The number of rotatable bonds is 1. The standard InChI is InChI=1S/C15H11N5O/c1-9-2-3-10-12(6-9)18-7-11-14(10)19-20(15(11)21)13-8-16-4-5-17-13/h2-8,18H,1H3. The molecule has 0 radical (unpaired) electrons. The zero-order valence-corrected chi connectivity index (χ0v) is 11.2. The Balaban J connectivity index is 2.08. The van der Waals surface area contributed by atoms with Gasteiger partial charge < -0.3 is 4.98 Å². The van der Waals surface area contributed by atoms with Crippen LogP contribution in [0.5, 0.6) is 0 Å². The lowest BCUT2D eigenvalue weighted by Gasteiger charge is -2.03. The molecule has 2 aromatic rings. The molecule has 4 rings (SSSR count). The average Bonchev–Trinajstić information content (AvgIpc) is 2.85. The molecule has 0 spiro atoms. The molecule has 1 N–H and O–H groups in total. The first kappa shape index (κ1) is 11.8. The summed E-state index contributed by atoms with van der Waals surface area (Å²) in [5, 5.41) is 5.34. The summed E-state index contributed by atoms with van der Waals surface area (Å²) in [5.41, 5.74) is 3.10. The third-order valence-electron chi connectivity index (χ3n) is 3.45. The molecule has 1 aromatic heterocycles. The zero-order valence-electron chi connectivity index (χ0n) is 11.2. The molecular formula is C15H11N5O. The van der Waals surface area contributed by atoms with Crippen LogP contribution in [0.4, 0.5) is 0 Å². The molecule has 0 saturated heterocycles. The number of hydrogen-bond donors (Lipinski definition) is 1. The molecule has 0 saturated carbocycles. The van der Waals surface area contributed by atoms with Crippen molar-refractivity contribution >= 4 is 10.9 Å². The van der Waals surface area contributed by atoms with Crippen molar-refractivity contribution in [2.75, 3.05) is 0 Å². The van der Waals surface area contributed by atoms with E-state index in [-0.39, 0.29) is 5.56 Å². The van der Waals surface area contributed by atoms with Gasteiger partial charge in [0.1, 0.15) is 5.69 Å². The predicted molar refractivity (Wildman–Crippen MR) is 78.6 cm³/mol. The number of fused-ring (bicyclic) bond motifs is 3. The van der Waals surface area contributed by atoms with E-state index in [1.807, 2.05) is 25.1 Å². The summed E-state index contributed by atoms with van der Waals surface area (Å²) in [4.78, 5) is 23.7. The maximum atomic E-state index is 12.5. The summed E-state index contributed by atoms with van der Waals surface area (Å²) in [5.74, 6) is 0.416. The summed E-state index contributed by atoms with van der Waals surface area (Å²) < 4.78 is 1.28. The fraction of sp³-hybridized carbons (Fsp3) is 0.0667. The summed E-state index contributed by atoms with van der Waals surface area (Å²) in [6, 6.07) is 6.00. The second kappa shape index (κ2) is 4.24. The van der Waals surface area contributed by atoms with Crippen molar-refractivity contribution in [3.8, 4) is 17.1 Å². The lowest BCUT2D eigenvalue weighted by Crippen LogP contribution is -2.15. The summed E-state index contributed by atoms with van der Waals surface area (Å²) in [6.45, 7) is 2.02. The third-order valence-corrected chi connectivity index (χ3v) is 3.45. The Bertz CT molecular complexity index is 971. The minimum Gasteiger partial charge on any atom is -0.360 e. The lowest BCUT2D eigenvalue weighted by atomic mass is 10.1. The number of H-pyrrole nitrogens is 1. The van der Waals surface area contributed by atoms with Crippen molar-refractivity contribution in [1.29, 1.82) is 0 Å². The molecule has 0 bridgehead atoms. The van der Waals surface area contributed by atoms with Crippen molar-refractivity contribution in [3.63, 3.8) is 0 Å². The van der Waals surface area contributed by atoms with Gasteiger partial charge in [-0.1, -0.05) is 12.1 Å². The molecule has 0 amide bonds. The van der Waals surface area contributed by atoms with E-state index in [4.69, 9.17) is 0 Å². The Morgan fingerprint density at radius 3 is 2.95 bits per heavy atom. The molecule has 0 unspecified atom stereocenters. The highest BCUT2D eigenvalue weighted by Crippen LogP contribution is 2.26. The van der Waals surface area contributed by atoms with Crippen LogP contribution in [0.2, 0.25) is 0 Å². The Morgan fingerprint density at radius 1 is 1.24 bits per heavy atom. The van der Waals surface area contributed by atoms with Gasteiger partial charge in [0.2, 0.25) is 0 Å². The number of aromatic amines is 1. The Morgan fingerprint density at radius 2 is 2.14 bits per heavy atom. The van der Waals surface area contributed by atoms with Crippen molar-refractivity contribution < 1.29 is 0 Å². The zero-order chi connectivity index (χ0) is 14.4. The SMILES string of the molecule is Cc1ccc2c3nn(-c4cnccn4)c(=O)c-3c[nH]c2c1. The van der Waals surface area contributed by atoms with Crippen molar-refractivity contribution in [2.45, 2.75) is 6.92 Å². The first-order valence-electron chi connectivity index (χ1n) is 6.51. The van der Waals surface area contributed by atoms with Crippen molar-refractivity contribution in [1.82, 2.24) is 24.7 Å². The van der Waals surface area contributed by atoms with Crippen LogP contribution in [0.25, 0.3) is 28.0 Å². The quantitative estimate of drug-likeness (QED) is 0.576. The van der Waals surface area contributed by atoms with E-state index in [0.29, 0.717) is 17.1 Å². The fourth-order valence-corrected chi connectivity index (χ4v) is 2.43. The van der Waals surface area contributed by atoms with Gasteiger partial charge in [-0.25, -0.2) is 4.98 Å². The highest BCUT2D eigenvalue weighted by atomic mass is 16.1. The van der Waals surface area contributed by atoms with E-state index < -0.39 is 0 Å². The van der Waals surface area contributed by atoms with E-state index >= 15 is 0 Å². The van der Waals surface area contributed by atoms with Crippen LogP contribution in [0.1, 0.15) is 5.56 Å². The van der Waals surface area contributed by atoms with Crippen LogP contribution in [0.3, 0.4) is 0 Å². The van der Waals surface area contributed by atoms with Crippen LogP contribution in [-0.2, 0) is 0 Å². The van der Waals surface area contributed by atoms with Gasteiger partial charge in [-0.05, 0) is 18.6 Å². The summed E-state index contributed by atoms with van der Waals surface area (Å²) in [7, 11) is 0. The molecule has 0 aliphatic carbocycles. The average molecular weight is 277 g/mol. The number of nitrogens with one attached hydrogen (secondary N) is 1. The van der Waals surface area contributed by atoms with Gasteiger partial charge >= 0.3 is 0 Å². The number of nitrogens with zero attached hydrogens (tertiary/aromatic N) is 4. The highest BCUT2D eigenvalue weighted by molar-refractivity contribution is 5.93. The number of hydrogen-bond acceptors (Lipinski definition) is 4. The molecule has 102 valence electrons. The Kier molecular flexibility index (Phi) is 2.38. The Labute approximate surface area is 119 Å². The largest absolute Gasteiger partial charge is 0.360 e. The van der Waals surface area contributed by atoms with Gasteiger partial charge in [-0.3, -0.25) is 9.78 Å². The van der Waals surface area contributed by atoms with Crippen LogP contribution >= 0.6 is 0 Å². The molecule has 6 heteroatoms. The second-order valence-electron chi connectivity index (χ2n) is 4.88. The maximum absolute atomic E-state index is 12.5. The van der Waals surface area contributed by atoms with Gasteiger partial charge in [0.05, 0.1) is 11.8 Å². The van der Waals surface area contributed by atoms with Crippen molar-refractivity contribution in [2.24, 2.45) is 0 Å².